The van der Waals surface area contributed by atoms with E-state index in [-0.39, 0.29) is 24.5 Å². The molecule has 0 radical (unpaired) electrons. The summed E-state index contributed by atoms with van der Waals surface area (Å²) in [6, 6.07) is 15.5. The molecule has 0 aliphatic carbocycles. The van der Waals surface area contributed by atoms with Crippen LogP contribution in [0.15, 0.2) is 60.7 Å². The van der Waals surface area contributed by atoms with E-state index < -0.39 is 76.2 Å². The van der Waals surface area contributed by atoms with Crippen LogP contribution < -0.4 is 19.7 Å². The van der Waals surface area contributed by atoms with Crippen molar-refractivity contribution in [3.63, 3.8) is 0 Å². The number of aliphatic carboxylic acids is 1. The number of nitrogens with one attached hydrogen (secondary N) is 1. The molecule has 0 aliphatic rings. The van der Waals surface area contributed by atoms with E-state index in [1.54, 1.807) is 90.1 Å². The number of esters is 1. The Labute approximate surface area is 286 Å². The molecule has 1 unspecified atom stereocenters. The number of hydrogen-bond donors (Lipinski definition) is 2. The van der Waals surface area contributed by atoms with Gasteiger partial charge in [0, 0.05) is 17.5 Å². The summed E-state index contributed by atoms with van der Waals surface area (Å²) in [5, 5.41) is 13.0. The molecule has 0 aliphatic heterocycles. The molecule has 49 heavy (non-hydrogen) atoms. The molecule has 1 atom stereocenters. The predicted molar refractivity (Wildman–Crippen MR) is 182 cm³/mol. The smallest absolute Gasteiger partial charge is 0.424 e. The molecule has 0 aromatic heterocycles. The molecule has 0 heterocycles. The zero-order valence-corrected chi connectivity index (χ0v) is 29.2. The molecule has 2 N–H and O–H groups in total. The molecule has 0 bridgehead atoms. The van der Waals surface area contributed by atoms with Crippen LogP contribution in [0.1, 0.15) is 81.9 Å². The molecular formula is C37H45FN2O9. The lowest BCUT2D eigenvalue weighted by molar-refractivity contribution is -0.139. The van der Waals surface area contributed by atoms with Gasteiger partial charge < -0.3 is 29.4 Å². The van der Waals surface area contributed by atoms with E-state index in [1.165, 1.54) is 19.1 Å². The normalized spacial score (nSPS) is 12.1. The van der Waals surface area contributed by atoms with Gasteiger partial charge in [-0.25, -0.2) is 18.8 Å². The van der Waals surface area contributed by atoms with E-state index in [4.69, 9.17) is 18.9 Å². The highest BCUT2D eigenvalue weighted by Gasteiger charge is 2.41. The van der Waals surface area contributed by atoms with Crippen LogP contribution in [-0.4, -0.2) is 53.0 Å². The Bertz CT molecular complexity index is 1600. The number of carbonyl (C=O) groups excluding carboxylic acids is 3. The van der Waals surface area contributed by atoms with Gasteiger partial charge in [0.05, 0.1) is 0 Å². The average molecular weight is 681 g/mol. The Morgan fingerprint density at radius 1 is 0.878 bits per heavy atom. The highest BCUT2D eigenvalue weighted by molar-refractivity contribution is 6.13. The summed E-state index contributed by atoms with van der Waals surface area (Å²) < 4.78 is 39.9. The molecule has 0 spiro atoms. The van der Waals surface area contributed by atoms with Crippen LogP contribution in [0.3, 0.4) is 0 Å². The van der Waals surface area contributed by atoms with Crippen LogP contribution in [0.25, 0.3) is 0 Å². The third kappa shape index (κ3) is 10.8. The lowest BCUT2D eigenvalue weighted by Crippen LogP contribution is -2.45. The maximum absolute atomic E-state index is 16.9. The largest absolute Gasteiger partial charge is 0.486 e. The Morgan fingerprint density at radius 3 is 1.90 bits per heavy atom. The van der Waals surface area contributed by atoms with Crippen molar-refractivity contribution in [2.24, 2.45) is 0 Å². The third-order valence-electron chi connectivity index (χ3n) is 6.80. The fourth-order valence-corrected chi connectivity index (χ4v) is 4.69. The first-order valence-corrected chi connectivity index (χ1v) is 15.9. The molecule has 11 nitrogen and oxygen atoms in total. The minimum Gasteiger partial charge on any atom is -0.486 e. The minimum atomic E-state index is -1.36. The van der Waals surface area contributed by atoms with Crippen LogP contribution in [0.4, 0.5) is 19.7 Å². The second-order valence-corrected chi connectivity index (χ2v) is 13.3. The summed E-state index contributed by atoms with van der Waals surface area (Å²) in [5.41, 5.74) is -3.29. The van der Waals surface area contributed by atoms with Crippen molar-refractivity contribution in [3.8, 4) is 11.5 Å². The maximum Gasteiger partial charge on any atom is 0.424 e. The Kier molecular flexibility index (Phi) is 12.9. The fraction of sp³-hybridized carbons (Fsp3) is 0.405. The summed E-state index contributed by atoms with van der Waals surface area (Å²) >= 11 is 0. The number of hydrogen-bond acceptors (Lipinski definition) is 9. The first-order chi connectivity index (χ1) is 22.9. The number of amides is 2. The Morgan fingerprint density at radius 2 is 1.41 bits per heavy atom. The molecular weight excluding hydrogens is 635 g/mol. The van der Waals surface area contributed by atoms with Crippen LogP contribution in [0, 0.1) is 12.7 Å². The number of ether oxygens (including phenoxy) is 4. The second kappa shape index (κ2) is 16.4. The van der Waals surface area contributed by atoms with E-state index in [1.807, 2.05) is 6.92 Å². The number of rotatable bonds is 12. The number of carboxylic acids is 1. The van der Waals surface area contributed by atoms with Gasteiger partial charge in [0.1, 0.15) is 46.7 Å². The van der Waals surface area contributed by atoms with E-state index in [0.29, 0.717) is 16.9 Å². The SMILES string of the molecule is CCCNC(Cc1c(F)c(C)c(C(=O)Oc2ccccc2)c(OCc2ccccc2)c1N(C(=O)OC(C)(C)C)C(=O)OC(C)(C)C)C(=O)O. The number of anilines is 1. The zero-order chi connectivity index (χ0) is 36.5. The number of carboxylic acid groups (broad SMARTS) is 1. The van der Waals surface area contributed by atoms with Crippen LogP contribution in [-0.2, 0) is 27.3 Å². The monoisotopic (exact) mass is 680 g/mol. The number of para-hydroxylation sites is 1. The van der Waals surface area contributed by atoms with Crippen molar-refractivity contribution in [2.75, 3.05) is 11.4 Å². The highest BCUT2D eigenvalue weighted by Crippen LogP contribution is 2.43. The van der Waals surface area contributed by atoms with Gasteiger partial charge in [-0.3, -0.25) is 4.79 Å². The minimum absolute atomic E-state index is 0.137. The molecule has 12 heteroatoms. The van der Waals surface area contributed by atoms with Crippen LogP contribution in [0.2, 0.25) is 0 Å². The molecule has 0 saturated heterocycles. The lowest BCUT2D eigenvalue weighted by atomic mass is 9.94. The number of benzene rings is 3. The summed E-state index contributed by atoms with van der Waals surface area (Å²) in [4.78, 5) is 54.8. The van der Waals surface area contributed by atoms with Gasteiger partial charge in [-0.2, -0.15) is 4.90 Å². The molecule has 2 amide bonds. The van der Waals surface area contributed by atoms with E-state index in [9.17, 15) is 24.3 Å². The van der Waals surface area contributed by atoms with Crippen molar-refractivity contribution in [1.29, 1.82) is 0 Å². The highest BCUT2D eigenvalue weighted by atomic mass is 19.1. The summed E-state index contributed by atoms with van der Waals surface area (Å²) in [5.74, 6) is -3.68. The Hall–Kier alpha value is -4.97. The molecule has 3 aromatic rings. The predicted octanol–water partition coefficient (Wildman–Crippen LogP) is 7.60. The number of nitrogens with zero attached hydrogens (tertiary/aromatic N) is 1. The van der Waals surface area contributed by atoms with Gasteiger partial charge in [-0.05, 0) is 79.1 Å². The topological polar surface area (TPSA) is 141 Å². The van der Waals surface area contributed by atoms with E-state index in [0.717, 1.165) is 0 Å². The number of carbonyl (C=O) groups is 4. The van der Waals surface area contributed by atoms with Gasteiger partial charge in [-0.1, -0.05) is 55.5 Å². The Balaban J connectivity index is 2.47. The first kappa shape index (κ1) is 38.5. The maximum atomic E-state index is 16.9. The van der Waals surface area contributed by atoms with Gasteiger partial charge in [0.25, 0.3) is 0 Å². The van der Waals surface area contributed by atoms with E-state index >= 15 is 4.39 Å². The second-order valence-electron chi connectivity index (χ2n) is 13.3. The average Bonchev–Trinajstić information content (AvgIpc) is 3.00. The van der Waals surface area contributed by atoms with Gasteiger partial charge >= 0.3 is 24.1 Å². The van der Waals surface area contributed by atoms with Crippen LogP contribution >= 0.6 is 0 Å². The molecule has 0 saturated carbocycles. The molecule has 3 aromatic carbocycles. The van der Waals surface area contributed by atoms with Crippen LogP contribution in [0.5, 0.6) is 11.5 Å². The van der Waals surface area contributed by atoms with Crippen molar-refractivity contribution in [3.05, 3.63) is 88.7 Å². The van der Waals surface area contributed by atoms with Crippen molar-refractivity contribution in [1.82, 2.24) is 5.32 Å². The first-order valence-electron chi connectivity index (χ1n) is 15.9. The molecule has 264 valence electrons. The molecule has 0 fully saturated rings. The van der Waals surface area contributed by atoms with Crippen molar-refractivity contribution < 1.29 is 47.6 Å². The quantitative estimate of drug-likeness (QED) is 0.145. The fourth-order valence-electron chi connectivity index (χ4n) is 4.69. The summed E-state index contributed by atoms with van der Waals surface area (Å²) in [6.45, 7) is 12.6. The number of halogens is 1. The van der Waals surface area contributed by atoms with Crippen molar-refractivity contribution in [2.45, 2.75) is 92.1 Å². The van der Waals surface area contributed by atoms with Gasteiger partial charge in [0.2, 0.25) is 0 Å². The summed E-state index contributed by atoms with van der Waals surface area (Å²) in [6.07, 6.45) is -2.54. The van der Waals surface area contributed by atoms with Crippen molar-refractivity contribution >= 4 is 29.8 Å². The standard InChI is InChI=1S/C37H45FN2O9/c1-9-20-39-27(32(41)42)21-26-29(38)23(2)28(33(43)47-25-18-14-11-15-19-25)31(46-22-24-16-12-10-13-17-24)30(26)40(34(44)48-36(3,4)5)35(45)49-37(6,7)8/h10-19,27,39H,9,20-22H2,1-8H3,(H,41,42). The number of imide groups is 1. The molecule has 3 rings (SSSR count). The van der Waals surface area contributed by atoms with E-state index in [2.05, 4.69) is 5.32 Å². The summed E-state index contributed by atoms with van der Waals surface area (Å²) in [7, 11) is 0. The zero-order valence-electron chi connectivity index (χ0n) is 29.2. The third-order valence-corrected chi connectivity index (χ3v) is 6.80. The van der Waals surface area contributed by atoms with Gasteiger partial charge in [0.15, 0.2) is 5.75 Å². The lowest BCUT2D eigenvalue weighted by Gasteiger charge is -2.32. The van der Waals surface area contributed by atoms with Gasteiger partial charge in [-0.15, -0.1) is 0 Å².